The summed E-state index contributed by atoms with van der Waals surface area (Å²) in [7, 11) is -1.16. The van der Waals surface area contributed by atoms with Crippen LogP contribution in [0, 0.1) is 5.82 Å². The molecule has 1 atom stereocenters. The smallest absolute Gasteiger partial charge is 0.491 e. The van der Waals surface area contributed by atoms with Crippen LogP contribution in [0.2, 0.25) is 0 Å². The molecule has 43 heavy (non-hydrogen) atoms. The van der Waals surface area contributed by atoms with Crippen molar-refractivity contribution in [1.29, 1.82) is 0 Å². The lowest BCUT2D eigenvalue weighted by Crippen LogP contribution is -2.40. The Labute approximate surface area is 244 Å². The number of carbonyl (C=O) groups is 1. The fourth-order valence-electron chi connectivity index (χ4n) is 5.01. The molecule has 0 saturated carbocycles. The summed E-state index contributed by atoms with van der Waals surface area (Å²) < 4.78 is 93.2. The molecule has 3 heterocycles. The van der Waals surface area contributed by atoms with Crippen molar-refractivity contribution in [3.05, 3.63) is 78.3 Å². The van der Waals surface area contributed by atoms with Crippen LogP contribution in [0.4, 0.5) is 17.6 Å². The van der Waals surface area contributed by atoms with Crippen LogP contribution in [0.15, 0.2) is 61.1 Å². The molecule has 0 unspecified atom stereocenters. The first-order valence-corrected chi connectivity index (χ1v) is 14.5. The van der Waals surface area contributed by atoms with Gasteiger partial charge in [0.1, 0.15) is 17.8 Å². The third-order valence-electron chi connectivity index (χ3n) is 6.85. The van der Waals surface area contributed by atoms with Gasteiger partial charge in [0.2, 0.25) is 0 Å². The van der Waals surface area contributed by atoms with Crippen LogP contribution >= 0.6 is 0 Å². The molecular weight excluding hydrogens is 594 g/mol. The zero-order valence-electron chi connectivity index (χ0n) is 23.2. The number of nitrogens with one attached hydrogen (secondary N) is 1. The second-order valence-corrected chi connectivity index (χ2v) is 11.9. The molecule has 0 aliphatic carbocycles. The Kier molecular flexibility index (Phi) is 7.96. The van der Waals surface area contributed by atoms with Crippen LogP contribution in [0.1, 0.15) is 29.1 Å². The molecular formula is C28H27F4N5O5S. The number of rotatable bonds is 9. The van der Waals surface area contributed by atoms with E-state index in [1.54, 1.807) is 23.6 Å². The predicted octanol–water partition coefficient (Wildman–Crippen LogP) is 4.64. The Morgan fingerprint density at radius 1 is 1.12 bits per heavy atom. The lowest BCUT2D eigenvalue weighted by molar-refractivity contribution is -0.274. The van der Waals surface area contributed by atoms with E-state index in [4.69, 9.17) is 4.74 Å². The molecule has 0 fully saturated rings. The maximum absolute atomic E-state index is 15.1. The minimum Gasteiger partial charge on any atom is -0.491 e. The molecule has 0 radical (unpaired) electrons. The first kappa shape index (κ1) is 30.1. The molecule has 0 saturated heterocycles. The summed E-state index contributed by atoms with van der Waals surface area (Å²) >= 11 is 0. The van der Waals surface area contributed by atoms with E-state index < -0.39 is 40.1 Å². The molecule has 10 nitrogen and oxygen atoms in total. The molecule has 5 rings (SSSR count). The maximum atomic E-state index is 15.1. The predicted molar refractivity (Wildman–Crippen MR) is 148 cm³/mol. The largest absolute Gasteiger partial charge is 0.573 e. The quantitative estimate of drug-likeness (QED) is 0.273. The van der Waals surface area contributed by atoms with Crippen molar-refractivity contribution in [2.75, 3.05) is 27.2 Å². The molecule has 1 amide bonds. The van der Waals surface area contributed by atoms with Crippen molar-refractivity contribution in [3.8, 4) is 33.9 Å². The Hall–Kier alpha value is -4.37. The van der Waals surface area contributed by atoms with Crippen LogP contribution in [-0.2, 0) is 16.6 Å². The topological polar surface area (TPSA) is 108 Å². The lowest BCUT2D eigenvalue weighted by atomic mass is 10.00. The van der Waals surface area contributed by atoms with Crippen molar-refractivity contribution in [2.45, 2.75) is 25.7 Å². The van der Waals surface area contributed by atoms with Crippen molar-refractivity contribution in [2.24, 2.45) is 0 Å². The first-order valence-electron chi connectivity index (χ1n) is 13.1. The number of fused-ring (bicyclic) bond motifs is 1. The van der Waals surface area contributed by atoms with Crippen molar-refractivity contribution < 1.29 is 40.2 Å². The van der Waals surface area contributed by atoms with Gasteiger partial charge in [0.15, 0.2) is 11.6 Å². The minimum absolute atomic E-state index is 0.00545. The van der Waals surface area contributed by atoms with E-state index in [9.17, 15) is 26.4 Å². The normalized spacial score (nSPS) is 15.3. The molecule has 15 heteroatoms. The highest BCUT2D eigenvalue weighted by Gasteiger charge is 2.34. The van der Waals surface area contributed by atoms with Gasteiger partial charge in [-0.1, -0.05) is 12.1 Å². The number of carbonyl (C=O) groups excluding carboxylic acids is 1. The molecule has 228 valence electrons. The Bertz CT molecular complexity index is 1780. The second kappa shape index (κ2) is 11.4. The van der Waals surface area contributed by atoms with Crippen LogP contribution in [0.25, 0.3) is 22.4 Å². The molecule has 1 aliphatic rings. The van der Waals surface area contributed by atoms with E-state index >= 15 is 4.39 Å². The number of ether oxygens (including phenoxy) is 2. The number of hydrogen-bond donors (Lipinski definition) is 1. The van der Waals surface area contributed by atoms with Gasteiger partial charge < -0.3 is 19.4 Å². The van der Waals surface area contributed by atoms with Crippen LogP contribution in [0.5, 0.6) is 11.5 Å². The fraction of sp³-hybridized carbons (Fsp3) is 0.286. The monoisotopic (exact) mass is 621 g/mol. The summed E-state index contributed by atoms with van der Waals surface area (Å²) in [5.41, 5.74) is 1.74. The summed E-state index contributed by atoms with van der Waals surface area (Å²) in [4.78, 5) is 17.1. The summed E-state index contributed by atoms with van der Waals surface area (Å²) in [5.74, 6) is -1.61. The minimum atomic E-state index is -4.93. The molecule has 1 N–H and O–H groups in total. The number of halogens is 4. The van der Waals surface area contributed by atoms with E-state index in [-0.39, 0.29) is 36.6 Å². The highest BCUT2D eigenvalue weighted by Crippen LogP contribution is 2.41. The van der Waals surface area contributed by atoms with E-state index in [2.05, 4.69) is 15.0 Å². The summed E-state index contributed by atoms with van der Waals surface area (Å²) in [6, 6.07) is 10.4. The average molecular weight is 622 g/mol. The van der Waals surface area contributed by atoms with Gasteiger partial charge in [-0.25, -0.2) is 13.3 Å². The molecule has 0 bridgehead atoms. The molecule has 0 spiro atoms. The zero-order chi connectivity index (χ0) is 31.1. The van der Waals surface area contributed by atoms with Gasteiger partial charge in [-0.2, -0.15) is 12.7 Å². The van der Waals surface area contributed by atoms with Crippen molar-refractivity contribution >= 4 is 16.1 Å². The van der Waals surface area contributed by atoms with Gasteiger partial charge in [0.05, 0.1) is 24.0 Å². The van der Waals surface area contributed by atoms with Gasteiger partial charge in [0.25, 0.3) is 5.91 Å². The molecule has 4 aromatic rings. The average Bonchev–Trinajstić information content (AvgIpc) is 3.57. The SMILES string of the molecule is CCOc1ccc(-c2c(-c3cccc(OC(F)(F)F)c3)cc3n2[C@@H](Cc2cncn2S(=O)(=O)N(C)C)CNC3=O)cc1F. The highest BCUT2D eigenvalue weighted by atomic mass is 32.2. The van der Waals surface area contributed by atoms with Crippen molar-refractivity contribution in [3.63, 3.8) is 0 Å². The van der Waals surface area contributed by atoms with Gasteiger partial charge in [-0.05, 0) is 48.9 Å². The number of aromatic nitrogens is 3. The standard InChI is InChI=1S/C28H27F4N5O5S/c1-4-41-25-9-8-18(11-23(25)29)26-22(17-6-5-7-21(10-17)42-28(30,31)32)13-24-27(38)34-15-20(37(24)26)12-19-14-33-16-36(19)43(39,40)35(2)3/h5-11,13-14,16,20H,4,12,15H2,1-3H3,(H,34,38)/t20-/m0/s1. The van der Waals surface area contributed by atoms with Gasteiger partial charge in [-0.3, -0.25) is 4.79 Å². The Morgan fingerprint density at radius 3 is 2.56 bits per heavy atom. The summed E-state index contributed by atoms with van der Waals surface area (Å²) in [5, 5.41) is 2.79. The Morgan fingerprint density at radius 2 is 1.88 bits per heavy atom. The van der Waals surface area contributed by atoms with Gasteiger partial charge in [-0.15, -0.1) is 13.2 Å². The highest BCUT2D eigenvalue weighted by molar-refractivity contribution is 7.87. The number of alkyl halides is 3. The van der Waals surface area contributed by atoms with Crippen LogP contribution < -0.4 is 14.8 Å². The van der Waals surface area contributed by atoms with Gasteiger partial charge >= 0.3 is 16.6 Å². The van der Waals surface area contributed by atoms with Crippen molar-refractivity contribution in [1.82, 2.24) is 23.1 Å². The molecule has 2 aromatic carbocycles. The van der Waals surface area contributed by atoms with E-state index in [1.807, 2.05) is 0 Å². The second-order valence-electron chi connectivity index (χ2n) is 9.85. The van der Waals surface area contributed by atoms with Crippen LogP contribution in [-0.4, -0.2) is 65.8 Å². The number of amides is 1. The van der Waals surface area contributed by atoms with Gasteiger partial charge in [0, 0.05) is 44.4 Å². The third kappa shape index (κ3) is 5.95. The third-order valence-corrected chi connectivity index (χ3v) is 8.60. The first-order chi connectivity index (χ1) is 20.3. The number of imidazole rings is 1. The maximum Gasteiger partial charge on any atom is 0.573 e. The summed E-state index contributed by atoms with van der Waals surface area (Å²) in [6.45, 7) is 2.01. The van der Waals surface area contributed by atoms with E-state index in [0.717, 1.165) is 14.3 Å². The molecule has 2 aromatic heterocycles. The zero-order valence-corrected chi connectivity index (χ0v) is 24.0. The number of benzene rings is 2. The van der Waals surface area contributed by atoms with E-state index in [0.29, 0.717) is 22.5 Å². The Balaban J connectivity index is 1.70. The molecule has 1 aliphatic heterocycles. The van der Waals surface area contributed by atoms with Crippen LogP contribution in [0.3, 0.4) is 0 Å². The van der Waals surface area contributed by atoms with E-state index in [1.165, 1.54) is 57.0 Å². The fourth-order valence-corrected chi connectivity index (χ4v) is 5.95. The summed E-state index contributed by atoms with van der Waals surface area (Å²) in [6.07, 6.45) is -2.28. The lowest BCUT2D eigenvalue weighted by Gasteiger charge is -2.29. The number of hydrogen-bond acceptors (Lipinski definition) is 6. The number of nitrogens with zero attached hydrogens (tertiary/aromatic N) is 4.